The fourth-order valence-corrected chi connectivity index (χ4v) is 1.05. The molecule has 0 aliphatic heterocycles. The summed E-state index contributed by atoms with van der Waals surface area (Å²) in [6, 6.07) is 0. The van der Waals surface area contributed by atoms with E-state index in [9.17, 15) is 43.7 Å². The molecule has 0 N–H and O–H groups in total. The van der Waals surface area contributed by atoms with Crippen molar-refractivity contribution >= 4 is 10.1 Å². The third-order valence-electron chi connectivity index (χ3n) is 1.17. The minimum atomic E-state index is -6.45. The van der Waals surface area contributed by atoms with E-state index in [1.807, 2.05) is 4.39 Å². The molecule has 0 saturated heterocycles. The summed E-state index contributed by atoms with van der Waals surface area (Å²) in [5, 5.41) is 0. The van der Waals surface area contributed by atoms with Gasteiger partial charge in [-0.3, -0.25) is 4.74 Å². The van der Waals surface area contributed by atoms with Crippen molar-refractivity contribution in [2.75, 3.05) is 0 Å². The van der Waals surface area contributed by atoms with Gasteiger partial charge < -0.3 is 0 Å². The van der Waals surface area contributed by atoms with E-state index in [0.29, 0.717) is 0 Å². The van der Waals surface area contributed by atoms with Crippen molar-refractivity contribution in [3.05, 3.63) is 0 Å². The minimum absolute atomic E-state index is 1.89. The van der Waals surface area contributed by atoms with Crippen molar-refractivity contribution < 1.29 is 52.8 Å². The Hall–Kier alpha value is -0.690. The van der Waals surface area contributed by atoms with Crippen molar-refractivity contribution in [1.29, 1.82) is 0 Å². The lowest BCUT2D eigenvalue weighted by Crippen LogP contribution is -2.46. The van der Waals surface area contributed by atoms with Gasteiger partial charge in [0.2, 0.25) is 0 Å². The Balaban J connectivity index is 5.18. The number of hydrogen-bond acceptors (Lipinski definition) is 4. The summed E-state index contributed by atoms with van der Waals surface area (Å²) in [4.78, 5) is 0. The van der Waals surface area contributed by atoms with Gasteiger partial charge in [0.1, 0.15) is 0 Å². The number of rotatable bonds is 5. The Kier molecular flexibility index (Phi) is 4.70. The summed E-state index contributed by atoms with van der Waals surface area (Å²) in [5.74, 6) is 0. The van der Waals surface area contributed by atoms with Crippen LogP contribution in [0.15, 0.2) is 0 Å². The average Bonchev–Trinajstić information content (AvgIpc) is 2.11. The van der Waals surface area contributed by atoms with Crippen molar-refractivity contribution in [3.8, 4) is 0 Å². The third-order valence-corrected chi connectivity index (χ3v) is 2.22. The normalized spacial score (nSPS) is 16.3. The maximum atomic E-state index is 12.1. The molecule has 0 aromatic carbocycles. The highest BCUT2D eigenvalue weighted by Gasteiger charge is 2.63. The lowest BCUT2D eigenvalue weighted by Gasteiger charge is -2.23. The van der Waals surface area contributed by atoms with Gasteiger partial charge in [-0.2, -0.15) is 30.4 Å². The monoisotopic (exact) mass is 298 g/mol. The van der Waals surface area contributed by atoms with Gasteiger partial charge >= 0.3 is 22.4 Å². The first-order valence-corrected chi connectivity index (χ1v) is 4.77. The Labute approximate surface area is 88.1 Å². The van der Waals surface area contributed by atoms with Crippen molar-refractivity contribution in [2.24, 2.45) is 0 Å². The summed E-state index contributed by atoms with van der Waals surface area (Å²) in [5.41, 5.74) is -4.12. The highest BCUT2D eigenvalue weighted by atomic mass is 32.2. The zero-order valence-electron chi connectivity index (χ0n) is 7.22. The average molecular weight is 298 g/mol. The van der Waals surface area contributed by atoms with Gasteiger partial charge in [0.25, 0.3) is 11.9 Å². The highest BCUT2D eigenvalue weighted by molar-refractivity contribution is 7.87. The van der Waals surface area contributed by atoms with E-state index in [0.717, 1.165) is 0 Å². The predicted octanol–water partition coefficient (Wildman–Crippen LogP) is 1.98. The second kappa shape index (κ2) is 4.89. The van der Waals surface area contributed by atoms with Crippen LogP contribution in [0.25, 0.3) is 0 Å². The molecule has 0 saturated carbocycles. The van der Waals surface area contributed by atoms with E-state index >= 15 is 0 Å². The fraction of sp³-hybridized carbons (Fsp3) is 1.00. The first kappa shape index (κ1) is 16.3. The topological polar surface area (TPSA) is 52.6 Å². The second-order valence-electron chi connectivity index (χ2n) is 2.39. The lowest BCUT2D eigenvalue weighted by molar-refractivity contribution is -0.400. The maximum Gasteiger partial charge on any atom is 0.483 e. The first-order valence-electron chi connectivity index (χ1n) is 3.29. The molecule has 0 fully saturated rings. The molecule has 0 aromatic rings. The largest absolute Gasteiger partial charge is 0.483 e. The molecule has 0 aliphatic carbocycles. The number of halogens is 8. The predicted molar refractivity (Wildman–Crippen MR) is 33.0 cm³/mol. The maximum absolute atomic E-state index is 12.1. The summed E-state index contributed by atoms with van der Waals surface area (Å²) < 4.78 is 118. The van der Waals surface area contributed by atoms with E-state index in [1.54, 1.807) is 0 Å². The summed E-state index contributed by atoms with van der Waals surface area (Å²) in [6.45, 7) is 0. The Morgan fingerprint density at radius 3 is 1.65 bits per heavy atom. The second-order valence-corrected chi connectivity index (χ2v) is 3.97. The third kappa shape index (κ3) is 3.92. The van der Waals surface area contributed by atoms with Crippen LogP contribution in [0, 0.1) is 0 Å². The molecule has 0 radical (unpaired) electrons. The van der Waals surface area contributed by atoms with Gasteiger partial charge in [-0.25, -0.2) is 8.78 Å². The van der Waals surface area contributed by atoms with E-state index in [4.69, 9.17) is 0 Å². The molecule has 4 nitrogen and oxygen atoms in total. The van der Waals surface area contributed by atoms with Gasteiger partial charge in [-0.1, -0.05) is 4.39 Å². The molecule has 104 valence electrons. The van der Waals surface area contributed by atoms with E-state index in [2.05, 4.69) is 4.74 Å². The molecule has 0 rings (SSSR count). The molecule has 1 unspecified atom stereocenters. The highest BCUT2D eigenvalue weighted by Crippen LogP contribution is 2.38. The van der Waals surface area contributed by atoms with Crippen LogP contribution in [0.5, 0.6) is 0 Å². The Morgan fingerprint density at radius 1 is 1.00 bits per heavy atom. The summed E-state index contributed by atoms with van der Waals surface area (Å²) in [6.07, 6.45) is -17.0. The number of alkyl halides is 7. The number of hydrogen-bond donors (Lipinski definition) is 0. The molecule has 0 amide bonds. The van der Waals surface area contributed by atoms with Gasteiger partial charge in [0, 0.05) is 0 Å². The van der Waals surface area contributed by atoms with E-state index in [-0.39, 0.29) is 0 Å². The lowest BCUT2D eigenvalue weighted by atomic mass is 10.6. The molecule has 0 aliphatic rings. The summed E-state index contributed by atoms with van der Waals surface area (Å²) >= 11 is 0. The van der Waals surface area contributed by atoms with Gasteiger partial charge in [0.15, 0.2) is 0 Å². The van der Waals surface area contributed by atoms with Crippen molar-refractivity contribution in [2.45, 2.75) is 24.1 Å². The van der Waals surface area contributed by atoms with Crippen LogP contribution in [0.2, 0.25) is 0 Å². The van der Waals surface area contributed by atoms with Crippen LogP contribution in [-0.2, 0) is 19.2 Å². The molecule has 0 aromatic heterocycles. The Morgan fingerprint density at radius 2 is 1.41 bits per heavy atom. The first-order chi connectivity index (χ1) is 7.35. The molecule has 13 heteroatoms. The van der Waals surface area contributed by atoms with Crippen molar-refractivity contribution in [3.63, 3.8) is 0 Å². The zero-order chi connectivity index (χ0) is 14.1. The summed E-state index contributed by atoms with van der Waals surface area (Å²) in [7, 11) is -6.07. The molecule has 17 heavy (non-hydrogen) atoms. The number of ether oxygens (including phenoxy) is 1. The molecular weight excluding hydrogens is 296 g/mol. The standard InChI is InChI=1S/C4H2F8O4S/c5-1(6)2(17(13,14)16-12)15-4(10,11)3(7,8)9/h1-2H. The zero-order valence-corrected chi connectivity index (χ0v) is 8.04. The van der Waals surface area contributed by atoms with Crippen LogP contribution >= 0.6 is 0 Å². The van der Waals surface area contributed by atoms with Gasteiger partial charge in [-0.05, 0) is 4.53 Å². The molecule has 0 heterocycles. The van der Waals surface area contributed by atoms with Crippen LogP contribution in [0.1, 0.15) is 0 Å². The molecule has 0 spiro atoms. The van der Waals surface area contributed by atoms with Crippen LogP contribution in [-0.4, -0.2) is 32.6 Å². The fourth-order valence-electron chi connectivity index (χ4n) is 0.485. The van der Waals surface area contributed by atoms with Gasteiger partial charge in [0.05, 0.1) is 0 Å². The Bertz CT molecular complexity index is 347. The molecule has 1 atom stereocenters. The van der Waals surface area contributed by atoms with Crippen molar-refractivity contribution in [1.82, 2.24) is 0 Å². The SMILES string of the molecule is O=S(=O)(OF)C(OC(F)(F)C(F)(F)F)C(F)F. The van der Waals surface area contributed by atoms with Crippen LogP contribution in [0.4, 0.5) is 35.3 Å². The quantitative estimate of drug-likeness (QED) is 0.728. The smallest absolute Gasteiger partial charge is 0.285 e. The minimum Gasteiger partial charge on any atom is -0.285 e. The van der Waals surface area contributed by atoms with Gasteiger partial charge in [-0.15, -0.1) is 0 Å². The molecule has 0 bridgehead atoms. The molecular formula is C4H2F8O4S. The van der Waals surface area contributed by atoms with E-state index in [1.165, 1.54) is 0 Å². The van der Waals surface area contributed by atoms with Crippen LogP contribution in [0.3, 0.4) is 0 Å². The van der Waals surface area contributed by atoms with Crippen LogP contribution < -0.4 is 0 Å². The van der Waals surface area contributed by atoms with E-state index < -0.39 is 34.3 Å².